The predicted octanol–water partition coefficient (Wildman–Crippen LogP) is 1.82. The fourth-order valence-corrected chi connectivity index (χ4v) is 2.35. The predicted molar refractivity (Wildman–Crippen MR) is 70.1 cm³/mol. The molecule has 4 heteroatoms. The normalized spacial score (nSPS) is 9.94. The van der Waals surface area contributed by atoms with Gasteiger partial charge in [0.2, 0.25) is 0 Å². The van der Waals surface area contributed by atoms with E-state index in [0.717, 1.165) is 6.54 Å². The molecule has 0 aliphatic carbocycles. The molecule has 0 aliphatic heterocycles. The molecule has 1 N–H and O–H groups in total. The first kappa shape index (κ1) is 13.8. The highest BCUT2D eigenvalue weighted by atomic mass is 32.1. The number of nitrogens with zero attached hydrogens (tertiary/aromatic N) is 1. The molecule has 0 radical (unpaired) electrons. The lowest BCUT2D eigenvalue weighted by molar-refractivity contribution is 0.0783. The van der Waals surface area contributed by atoms with E-state index in [2.05, 4.69) is 25.7 Å². The number of amides is 1. The van der Waals surface area contributed by atoms with Crippen LogP contribution < -0.4 is 0 Å². The van der Waals surface area contributed by atoms with Gasteiger partial charge in [0.05, 0.1) is 0 Å². The molecule has 1 rings (SSSR count). The quantitative estimate of drug-likeness (QED) is 0.832. The number of carbonyl (C=O) groups excluding carboxylic acids is 1. The fraction of sp³-hybridized carbons (Fsp3) is 0.462. The largest absolute Gasteiger partial charge is 0.384 e. The Bertz CT molecular complexity index is 440. The maximum absolute atomic E-state index is 12.1. The van der Waals surface area contributed by atoms with Crippen molar-refractivity contribution in [1.82, 2.24) is 4.90 Å². The van der Waals surface area contributed by atoms with Crippen LogP contribution in [0.25, 0.3) is 0 Å². The van der Waals surface area contributed by atoms with E-state index >= 15 is 0 Å². The first-order chi connectivity index (χ1) is 8.06. The second-order valence-corrected chi connectivity index (χ2v) is 5.12. The van der Waals surface area contributed by atoms with Crippen LogP contribution >= 0.6 is 11.3 Å². The molecule has 1 heterocycles. The summed E-state index contributed by atoms with van der Waals surface area (Å²) >= 11 is 1.39. The molecule has 1 aromatic rings. The monoisotopic (exact) mass is 251 g/mol. The molecule has 0 atom stereocenters. The number of rotatable bonds is 3. The zero-order valence-electron chi connectivity index (χ0n) is 10.4. The van der Waals surface area contributed by atoms with E-state index < -0.39 is 0 Å². The smallest absolute Gasteiger partial charge is 0.264 e. The molecule has 0 saturated heterocycles. The number of carbonyl (C=O) groups is 1. The van der Waals surface area contributed by atoms with Gasteiger partial charge in [0.15, 0.2) is 0 Å². The van der Waals surface area contributed by atoms with Gasteiger partial charge >= 0.3 is 0 Å². The summed E-state index contributed by atoms with van der Waals surface area (Å²) in [6, 6.07) is 1.81. The number of aliphatic hydroxyl groups is 1. The molecule has 0 aliphatic rings. The van der Waals surface area contributed by atoms with Gasteiger partial charge in [-0.1, -0.05) is 25.7 Å². The molecule has 0 saturated carbocycles. The van der Waals surface area contributed by atoms with Gasteiger partial charge in [-0.25, -0.2) is 0 Å². The standard InChI is InChI=1S/C13H17NO2S/c1-10(2)9-14(3)13(16)12-11(5-4-7-15)6-8-17-12/h6,8,10,15H,7,9H2,1-3H3. The second-order valence-electron chi connectivity index (χ2n) is 4.20. The molecular weight excluding hydrogens is 234 g/mol. The minimum absolute atomic E-state index is 0.00376. The molecule has 0 unspecified atom stereocenters. The van der Waals surface area contributed by atoms with E-state index in [1.165, 1.54) is 11.3 Å². The van der Waals surface area contributed by atoms with Crippen molar-refractivity contribution in [3.05, 3.63) is 21.9 Å². The number of hydrogen-bond donors (Lipinski definition) is 1. The zero-order valence-corrected chi connectivity index (χ0v) is 11.2. The van der Waals surface area contributed by atoms with Crippen molar-refractivity contribution < 1.29 is 9.90 Å². The maximum Gasteiger partial charge on any atom is 0.264 e. The first-order valence-electron chi connectivity index (χ1n) is 5.49. The van der Waals surface area contributed by atoms with Crippen molar-refractivity contribution in [3.63, 3.8) is 0 Å². The van der Waals surface area contributed by atoms with Crippen LogP contribution in [0.3, 0.4) is 0 Å². The zero-order chi connectivity index (χ0) is 12.8. The fourth-order valence-electron chi connectivity index (χ4n) is 1.51. The summed E-state index contributed by atoms with van der Waals surface area (Å²) in [7, 11) is 1.80. The summed E-state index contributed by atoms with van der Waals surface area (Å²) in [5.74, 6) is 5.80. The summed E-state index contributed by atoms with van der Waals surface area (Å²) < 4.78 is 0. The van der Waals surface area contributed by atoms with Gasteiger partial charge in [-0.05, 0) is 17.4 Å². The highest BCUT2D eigenvalue weighted by molar-refractivity contribution is 7.12. The van der Waals surface area contributed by atoms with Gasteiger partial charge in [-0.3, -0.25) is 4.79 Å². The topological polar surface area (TPSA) is 40.5 Å². The summed E-state index contributed by atoms with van der Waals surface area (Å²) in [5.41, 5.74) is 0.699. The SMILES string of the molecule is CC(C)CN(C)C(=O)c1sccc1C#CCO. The minimum atomic E-state index is -0.189. The Hall–Kier alpha value is -1.31. The molecule has 17 heavy (non-hydrogen) atoms. The number of aliphatic hydroxyl groups excluding tert-OH is 1. The Morgan fingerprint density at radius 2 is 2.29 bits per heavy atom. The Kier molecular flexibility index (Phi) is 5.20. The highest BCUT2D eigenvalue weighted by Crippen LogP contribution is 2.18. The van der Waals surface area contributed by atoms with Crippen molar-refractivity contribution in [3.8, 4) is 11.8 Å². The summed E-state index contributed by atoms with van der Waals surface area (Å²) in [5, 5.41) is 10.5. The summed E-state index contributed by atoms with van der Waals surface area (Å²) in [4.78, 5) is 14.5. The van der Waals surface area contributed by atoms with Crippen molar-refractivity contribution in [2.24, 2.45) is 5.92 Å². The lowest BCUT2D eigenvalue weighted by atomic mass is 10.2. The Labute approximate surface area is 106 Å². The molecule has 0 fully saturated rings. The van der Waals surface area contributed by atoms with Crippen LogP contribution in [0.2, 0.25) is 0 Å². The average Bonchev–Trinajstić information content (AvgIpc) is 2.72. The van der Waals surface area contributed by atoms with Crippen LogP contribution in [0.15, 0.2) is 11.4 Å². The molecular formula is C13H17NO2S. The van der Waals surface area contributed by atoms with Gasteiger partial charge in [-0.15, -0.1) is 11.3 Å². The van der Waals surface area contributed by atoms with Crippen LogP contribution in [0, 0.1) is 17.8 Å². The number of hydrogen-bond acceptors (Lipinski definition) is 3. The minimum Gasteiger partial charge on any atom is -0.384 e. The highest BCUT2D eigenvalue weighted by Gasteiger charge is 2.17. The van der Waals surface area contributed by atoms with Crippen molar-refractivity contribution in [1.29, 1.82) is 0 Å². The molecule has 92 valence electrons. The van der Waals surface area contributed by atoms with Gasteiger partial charge < -0.3 is 10.0 Å². The second kappa shape index (κ2) is 6.43. The van der Waals surface area contributed by atoms with Crippen molar-refractivity contribution >= 4 is 17.2 Å². The molecule has 0 bridgehead atoms. The van der Waals surface area contributed by atoms with Gasteiger partial charge in [0.1, 0.15) is 11.5 Å². The first-order valence-corrected chi connectivity index (χ1v) is 6.37. The summed E-state index contributed by atoms with van der Waals surface area (Å²) in [6.45, 7) is 4.68. The Morgan fingerprint density at radius 1 is 1.59 bits per heavy atom. The van der Waals surface area contributed by atoms with E-state index in [9.17, 15) is 4.79 Å². The molecule has 1 amide bonds. The van der Waals surface area contributed by atoms with E-state index in [-0.39, 0.29) is 12.5 Å². The third-order valence-corrected chi connectivity index (χ3v) is 3.05. The lowest BCUT2D eigenvalue weighted by Crippen LogP contribution is -2.30. The average molecular weight is 251 g/mol. The lowest BCUT2D eigenvalue weighted by Gasteiger charge is -2.18. The maximum atomic E-state index is 12.1. The molecule has 0 aromatic carbocycles. The molecule has 1 aromatic heterocycles. The van der Waals surface area contributed by atoms with Gasteiger partial charge in [0.25, 0.3) is 5.91 Å². The van der Waals surface area contributed by atoms with Gasteiger partial charge in [-0.2, -0.15) is 0 Å². The third-order valence-electron chi connectivity index (χ3n) is 2.15. The van der Waals surface area contributed by atoms with Crippen LogP contribution in [-0.2, 0) is 0 Å². The van der Waals surface area contributed by atoms with Crippen LogP contribution in [-0.4, -0.2) is 36.1 Å². The van der Waals surface area contributed by atoms with Gasteiger partial charge in [0, 0.05) is 19.2 Å². The molecule has 3 nitrogen and oxygen atoms in total. The van der Waals surface area contributed by atoms with E-state index in [1.807, 2.05) is 11.4 Å². The van der Waals surface area contributed by atoms with E-state index in [4.69, 9.17) is 5.11 Å². The van der Waals surface area contributed by atoms with Crippen LogP contribution in [0.5, 0.6) is 0 Å². The Morgan fingerprint density at radius 3 is 2.88 bits per heavy atom. The van der Waals surface area contributed by atoms with Crippen LogP contribution in [0.1, 0.15) is 29.1 Å². The van der Waals surface area contributed by atoms with Crippen molar-refractivity contribution in [2.75, 3.05) is 20.2 Å². The van der Waals surface area contributed by atoms with E-state index in [0.29, 0.717) is 16.4 Å². The molecule has 0 spiro atoms. The number of thiophene rings is 1. The summed E-state index contributed by atoms with van der Waals surface area (Å²) in [6.07, 6.45) is 0. The third kappa shape index (κ3) is 3.88. The van der Waals surface area contributed by atoms with Crippen molar-refractivity contribution in [2.45, 2.75) is 13.8 Å². The Balaban J connectivity index is 2.85. The van der Waals surface area contributed by atoms with Crippen LogP contribution in [0.4, 0.5) is 0 Å². The van der Waals surface area contributed by atoms with E-state index in [1.54, 1.807) is 11.9 Å².